The highest BCUT2D eigenvalue weighted by molar-refractivity contribution is 5.89. The van der Waals surface area contributed by atoms with Gasteiger partial charge in [0.1, 0.15) is 5.82 Å². The molecule has 1 atom stereocenters. The Morgan fingerprint density at radius 1 is 1.13 bits per heavy atom. The van der Waals surface area contributed by atoms with E-state index in [0.29, 0.717) is 5.69 Å². The van der Waals surface area contributed by atoms with Crippen LogP contribution in [0.4, 0.5) is 14.9 Å². The highest BCUT2D eigenvalue weighted by Gasteiger charge is 2.26. The van der Waals surface area contributed by atoms with Crippen LogP contribution >= 0.6 is 0 Å². The summed E-state index contributed by atoms with van der Waals surface area (Å²) in [5, 5.41) is 2.83. The number of carbonyl (C=O) groups is 1. The fourth-order valence-electron chi connectivity index (χ4n) is 2.76. The number of rotatable bonds is 3. The zero-order valence-corrected chi connectivity index (χ0v) is 12.8. The number of nitrogens with zero attached hydrogens (tertiary/aromatic N) is 1. The highest BCUT2D eigenvalue weighted by atomic mass is 19.1. The Bertz CT molecular complexity index is 682. The van der Waals surface area contributed by atoms with E-state index in [4.69, 9.17) is 0 Å². The van der Waals surface area contributed by atoms with Gasteiger partial charge >= 0.3 is 6.03 Å². The summed E-state index contributed by atoms with van der Waals surface area (Å²) in [6, 6.07) is 15.8. The van der Waals surface area contributed by atoms with Gasteiger partial charge in [0.05, 0.1) is 6.04 Å². The molecule has 1 aliphatic heterocycles. The monoisotopic (exact) mass is 310 g/mol. The van der Waals surface area contributed by atoms with Crippen LogP contribution in [0.15, 0.2) is 60.7 Å². The maximum Gasteiger partial charge on any atom is 0.322 e. The highest BCUT2D eigenvalue weighted by Crippen LogP contribution is 2.21. The molecule has 2 aromatic rings. The summed E-state index contributed by atoms with van der Waals surface area (Å²) in [5.74, 6) is -0.312. The molecule has 23 heavy (non-hydrogen) atoms. The molecule has 0 aliphatic carbocycles. The Labute approximate surface area is 135 Å². The number of carbonyl (C=O) groups excluding carboxylic acids is 1. The average molecular weight is 310 g/mol. The molecule has 1 saturated heterocycles. The maximum absolute atomic E-state index is 12.9. The van der Waals surface area contributed by atoms with Gasteiger partial charge in [-0.25, -0.2) is 9.18 Å². The van der Waals surface area contributed by atoms with Gasteiger partial charge in [0.15, 0.2) is 0 Å². The first-order chi connectivity index (χ1) is 11.2. The Balaban J connectivity index is 1.65. The third-order valence-electron chi connectivity index (χ3n) is 3.97. The van der Waals surface area contributed by atoms with E-state index in [0.717, 1.165) is 24.9 Å². The van der Waals surface area contributed by atoms with E-state index in [-0.39, 0.29) is 17.9 Å². The van der Waals surface area contributed by atoms with Crippen molar-refractivity contribution >= 4 is 17.8 Å². The molecule has 1 fully saturated rings. The first-order valence-corrected chi connectivity index (χ1v) is 7.79. The van der Waals surface area contributed by atoms with Crippen molar-refractivity contribution in [2.24, 2.45) is 0 Å². The van der Waals surface area contributed by atoms with Crippen LogP contribution in [-0.2, 0) is 0 Å². The molecular formula is C19H19FN2O. The predicted octanol–water partition coefficient (Wildman–Crippen LogP) is 4.54. The number of hydrogen-bond donors (Lipinski definition) is 1. The second kappa shape index (κ2) is 7.09. The number of benzene rings is 2. The number of likely N-dealkylation sites (tertiary alicyclic amines) is 1. The van der Waals surface area contributed by atoms with Gasteiger partial charge in [0, 0.05) is 12.2 Å². The number of anilines is 1. The largest absolute Gasteiger partial charge is 0.322 e. The minimum Gasteiger partial charge on any atom is -0.318 e. The summed E-state index contributed by atoms with van der Waals surface area (Å²) >= 11 is 0. The summed E-state index contributed by atoms with van der Waals surface area (Å²) in [4.78, 5) is 14.2. The van der Waals surface area contributed by atoms with Crippen molar-refractivity contribution in [2.45, 2.75) is 18.9 Å². The number of halogens is 1. The predicted molar refractivity (Wildman–Crippen MR) is 90.6 cm³/mol. The first kappa shape index (κ1) is 15.3. The molecule has 1 unspecified atom stereocenters. The molecule has 3 nitrogen and oxygen atoms in total. The van der Waals surface area contributed by atoms with Crippen molar-refractivity contribution in [3.8, 4) is 0 Å². The number of hydrogen-bond acceptors (Lipinski definition) is 1. The van der Waals surface area contributed by atoms with Gasteiger partial charge in [-0.1, -0.05) is 42.5 Å². The average Bonchev–Trinajstić information content (AvgIpc) is 3.05. The summed E-state index contributed by atoms with van der Waals surface area (Å²) in [6.07, 6.45) is 6.07. The molecule has 1 aliphatic rings. The van der Waals surface area contributed by atoms with E-state index in [1.807, 2.05) is 41.3 Å². The van der Waals surface area contributed by atoms with Crippen LogP contribution in [0.3, 0.4) is 0 Å². The van der Waals surface area contributed by atoms with Gasteiger partial charge in [-0.05, 0) is 42.7 Å². The third-order valence-corrected chi connectivity index (χ3v) is 3.97. The van der Waals surface area contributed by atoms with E-state index in [9.17, 15) is 9.18 Å². The van der Waals surface area contributed by atoms with Crippen molar-refractivity contribution in [1.82, 2.24) is 4.90 Å². The van der Waals surface area contributed by atoms with Crippen LogP contribution in [0.25, 0.3) is 6.08 Å². The lowest BCUT2D eigenvalue weighted by atomic mass is 10.1. The van der Waals surface area contributed by atoms with Gasteiger partial charge in [-0.2, -0.15) is 0 Å². The lowest BCUT2D eigenvalue weighted by Crippen LogP contribution is -2.37. The second-order valence-corrected chi connectivity index (χ2v) is 5.61. The van der Waals surface area contributed by atoms with Gasteiger partial charge < -0.3 is 10.2 Å². The molecule has 0 aromatic heterocycles. The van der Waals surface area contributed by atoms with E-state index in [1.165, 1.54) is 12.1 Å². The molecular weight excluding hydrogens is 291 g/mol. The number of amides is 2. The standard InChI is InChI=1S/C19H19FN2O/c20-16-9-11-17(12-10-16)21-19(23)22-14-4-7-18(22)13-8-15-5-2-1-3-6-15/h1-3,5-6,8-13,18H,4,7,14H2,(H,21,23)/b13-8+. The van der Waals surface area contributed by atoms with Gasteiger partial charge in [0.25, 0.3) is 0 Å². The minimum absolute atomic E-state index is 0.0932. The molecule has 1 N–H and O–H groups in total. The first-order valence-electron chi connectivity index (χ1n) is 7.79. The van der Waals surface area contributed by atoms with Crippen molar-refractivity contribution in [1.29, 1.82) is 0 Å². The van der Waals surface area contributed by atoms with Crippen molar-refractivity contribution in [3.63, 3.8) is 0 Å². The number of nitrogens with one attached hydrogen (secondary N) is 1. The van der Waals surface area contributed by atoms with E-state index in [1.54, 1.807) is 12.1 Å². The Kier molecular flexibility index (Phi) is 4.71. The van der Waals surface area contributed by atoms with Crippen LogP contribution in [0.1, 0.15) is 18.4 Å². The molecule has 0 spiro atoms. The minimum atomic E-state index is -0.312. The van der Waals surface area contributed by atoms with Crippen molar-refractivity contribution in [3.05, 3.63) is 72.1 Å². The lowest BCUT2D eigenvalue weighted by molar-refractivity contribution is 0.214. The zero-order chi connectivity index (χ0) is 16.1. The summed E-state index contributed by atoms with van der Waals surface area (Å²) < 4.78 is 12.9. The Morgan fingerprint density at radius 2 is 1.87 bits per heavy atom. The van der Waals surface area contributed by atoms with E-state index < -0.39 is 0 Å². The SMILES string of the molecule is O=C(Nc1ccc(F)cc1)N1CCCC1/C=C/c1ccccc1. The third kappa shape index (κ3) is 3.97. The zero-order valence-electron chi connectivity index (χ0n) is 12.8. The van der Waals surface area contributed by atoms with Crippen LogP contribution in [0.5, 0.6) is 0 Å². The van der Waals surface area contributed by atoms with E-state index in [2.05, 4.69) is 11.4 Å². The Hall–Kier alpha value is -2.62. The molecule has 0 radical (unpaired) electrons. The fourth-order valence-corrected chi connectivity index (χ4v) is 2.76. The second-order valence-electron chi connectivity index (χ2n) is 5.61. The smallest absolute Gasteiger partial charge is 0.318 e. The topological polar surface area (TPSA) is 32.3 Å². The molecule has 1 heterocycles. The lowest BCUT2D eigenvalue weighted by Gasteiger charge is -2.22. The van der Waals surface area contributed by atoms with Gasteiger partial charge in [-0.15, -0.1) is 0 Å². The molecule has 2 aromatic carbocycles. The molecule has 4 heteroatoms. The Morgan fingerprint density at radius 3 is 2.61 bits per heavy atom. The normalized spacial score (nSPS) is 17.6. The summed E-state index contributed by atoms with van der Waals surface area (Å²) in [6.45, 7) is 0.733. The molecule has 2 amide bonds. The van der Waals surface area contributed by atoms with Crippen LogP contribution in [0, 0.1) is 5.82 Å². The van der Waals surface area contributed by atoms with Crippen molar-refractivity contribution < 1.29 is 9.18 Å². The van der Waals surface area contributed by atoms with Gasteiger partial charge in [0.2, 0.25) is 0 Å². The van der Waals surface area contributed by atoms with Crippen LogP contribution in [0.2, 0.25) is 0 Å². The molecule has 118 valence electrons. The molecule has 3 rings (SSSR count). The van der Waals surface area contributed by atoms with Crippen LogP contribution in [-0.4, -0.2) is 23.5 Å². The van der Waals surface area contributed by atoms with Gasteiger partial charge in [-0.3, -0.25) is 0 Å². The quantitative estimate of drug-likeness (QED) is 0.887. The molecule has 0 saturated carbocycles. The van der Waals surface area contributed by atoms with Crippen LogP contribution < -0.4 is 5.32 Å². The maximum atomic E-state index is 12.9. The van der Waals surface area contributed by atoms with Crippen molar-refractivity contribution in [2.75, 3.05) is 11.9 Å². The summed E-state index contributed by atoms with van der Waals surface area (Å²) in [7, 11) is 0. The molecule has 0 bridgehead atoms. The fraction of sp³-hybridized carbons (Fsp3) is 0.211. The van der Waals surface area contributed by atoms with E-state index >= 15 is 0 Å². The number of urea groups is 1. The summed E-state index contributed by atoms with van der Waals surface area (Å²) in [5.41, 5.74) is 1.73.